The Bertz CT molecular complexity index is 1780. The van der Waals surface area contributed by atoms with Gasteiger partial charge < -0.3 is 18.9 Å². The fourth-order valence-electron chi connectivity index (χ4n) is 5.20. The topological polar surface area (TPSA) is 228 Å². The van der Waals surface area contributed by atoms with Crippen molar-refractivity contribution in [2.45, 2.75) is 136 Å². The molecule has 4 rings (SSSR count). The molecular formula is C41H64N12O8. The predicted octanol–water partition coefficient (Wildman–Crippen LogP) is 3.67. The zero-order valence-electron chi connectivity index (χ0n) is 37.9. The normalized spacial score (nSPS) is 12.9. The van der Waals surface area contributed by atoms with Crippen molar-refractivity contribution in [2.75, 3.05) is 26.4 Å². The monoisotopic (exact) mass is 852 g/mol. The molecule has 4 heterocycles. The molecule has 0 aliphatic rings. The van der Waals surface area contributed by atoms with E-state index in [2.05, 4.69) is 41.2 Å². The number of hydrogen-bond donors (Lipinski definition) is 0. The van der Waals surface area contributed by atoms with E-state index in [0.29, 0.717) is 22.8 Å². The summed E-state index contributed by atoms with van der Waals surface area (Å²) in [6, 6.07) is 0. The van der Waals surface area contributed by atoms with Crippen molar-refractivity contribution in [3.05, 3.63) is 47.6 Å². The van der Waals surface area contributed by atoms with Gasteiger partial charge in [-0.3, -0.25) is 19.2 Å². The van der Waals surface area contributed by atoms with E-state index in [9.17, 15) is 19.2 Å². The maximum Gasteiger partial charge on any atom is 0.159 e. The minimum Gasteiger partial charge on any atom is -0.374 e. The fourth-order valence-corrected chi connectivity index (χ4v) is 5.20. The molecule has 20 heteroatoms. The highest BCUT2D eigenvalue weighted by Crippen LogP contribution is 2.24. The third-order valence-corrected chi connectivity index (χ3v) is 9.55. The molecule has 0 saturated carbocycles. The molecule has 0 fully saturated rings. The van der Waals surface area contributed by atoms with Crippen molar-refractivity contribution >= 4 is 23.1 Å². The third kappa shape index (κ3) is 15.8. The SMILES string of the molecule is CC(C)(C)C(=O)Cn1cc(COCC(COCc2cn(CC(=O)C(C)(C)C)nn2)(COCc2cn(CC(=O)C(C)(C)C)nn2)COCc2cn(CC(=O)C(C)(C)C)nn2)nn1. The number of rotatable bonds is 24. The van der Waals surface area contributed by atoms with E-state index < -0.39 is 27.1 Å². The van der Waals surface area contributed by atoms with Gasteiger partial charge in [0.1, 0.15) is 49.0 Å². The van der Waals surface area contributed by atoms with Crippen LogP contribution in [0.15, 0.2) is 24.8 Å². The van der Waals surface area contributed by atoms with Gasteiger partial charge in [-0.25, -0.2) is 18.7 Å². The summed E-state index contributed by atoms with van der Waals surface area (Å²) >= 11 is 0. The van der Waals surface area contributed by atoms with Crippen LogP contribution in [-0.4, -0.2) is 110 Å². The van der Waals surface area contributed by atoms with Crippen molar-refractivity contribution in [3.63, 3.8) is 0 Å². The Hall–Kier alpha value is -4.92. The van der Waals surface area contributed by atoms with Gasteiger partial charge in [-0.1, -0.05) is 104 Å². The van der Waals surface area contributed by atoms with Gasteiger partial charge in [0.05, 0.1) is 83.1 Å². The third-order valence-electron chi connectivity index (χ3n) is 9.55. The van der Waals surface area contributed by atoms with E-state index >= 15 is 0 Å². The average Bonchev–Trinajstić information content (AvgIpc) is 3.97. The van der Waals surface area contributed by atoms with E-state index in [4.69, 9.17) is 18.9 Å². The lowest BCUT2D eigenvalue weighted by atomic mass is 9.91. The first kappa shape index (κ1) is 48.7. The molecule has 0 bridgehead atoms. The van der Waals surface area contributed by atoms with E-state index in [1.807, 2.05) is 83.1 Å². The molecule has 0 unspecified atom stereocenters. The highest BCUT2D eigenvalue weighted by atomic mass is 16.5. The van der Waals surface area contributed by atoms with Crippen LogP contribution in [0.3, 0.4) is 0 Å². The first-order valence-electron chi connectivity index (χ1n) is 20.3. The molecule has 336 valence electrons. The molecule has 0 atom stereocenters. The van der Waals surface area contributed by atoms with Crippen molar-refractivity contribution < 1.29 is 38.1 Å². The standard InChI is InChI=1S/C41H64N12O8/c1-37(2,3)33(54)17-50-13-29(42-46-50)21-58-25-41(26-59-22-30-14-51(47-43-30)18-34(55)38(4,5)6,27-60-23-31-15-52(48-44-31)19-35(56)39(7,8)9)28-61-24-32-16-53(49-45-32)20-36(57)40(10,11)12/h13-16H,17-28H2,1-12H3. The zero-order chi connectivity index (χ0) is 45.2. The summed E-state index contributed by atoms with van der Waals surface area (Å²) < 4.78 is 31.0. The zero-order valence-corrected chi connectivity index (χ0v) is 37.9. The van der Waals surface area contributed by atoms with Crippen molar-refractivity contribution in [3.8, 4) is 0 Å². The van der Waals surface area contributed by atoms with Crippen LogP contribution in [0.2, 0.25) is 0 Å². The number of Topliss-reactive ketones (excluding diaryl/α,β-unsaturated/α-hetero) is 4. The summed E-state index contributed by atoms with van der Waals surface area (Å²) in [7, 11) is 0. The van der Waals surface area contributed by atoms with E-state index in [1.165, 1.54) is 18.7 Å². The highest BCUT2D eigenvalue weighted by Gasteiger charge is 2.34. The Morgan fingerprint density at radius 3 is 0.770 bits per heavy atom. The summed E-state index contributed by atoms with van der Waals surface area (Å²) in [5.74, 6) is 0.0475. The molecule has 0 saturated heterocycles. The molecule has 0 aliphatic carbocycles. The average molecular weight is 853 g/mol. The summed E-state index contributed by atoms with van der Waals surface area (Å²) in [6.45, 7) is 23.0. The van der Waals surface area contributed by atoms with Crippen molar-refractivity contribution in [2.24, 2.45) is 27.1 Å². The van der Waals surface area contributed by atoms with Crippen LogP contribution in [0.5, 0.6) is 0 Å². The number of nitrogens with zero attached hydrogens (tertiary/aromatic N) is 12. The number of aromatic nitrogens is 12. The second kappa shape index (κ2) is 20.3. The van der Waals surface area contributed by atoms with Crippen LogP contribution in [0.1, 0.15) is 106 Å². The summed E-state index contributed by atoms with van der Waals surface area (Å²) in [5.41, 5.74) is -1.01. The highest BCUT2D eigenvalue weighted by molar-refractivity contribution is 5.84. The van der Waals surface area contributed by atoms with Crippen LogP contribution in [0, 0.1) is 27.1 Å². The van der Waals surface area contributed by atoms with Gasteiger partial charge in [-0.2, -0.15) is 0 Å². The maximum absolute atomic E-state index is 12.6. The van der Waals surface area contributed by atoms with Gasteiger partial charge in [-0.15, -0.1) is 20.4 Å². The minimum atomic E-state index is -0.952. The lowest BCUT2D eigenvalue weighted by Crippen LogP contribution is -2.41. The van der Waals surface area contributed by atoms with Gasteiger partial charge in [0.25, 0.3) is 0 Å². The summed E-state index contributed by atoms with van der Waals surface area (Å²) in [4.78, 5) is 50.5. The number of ketones is 4. The second-order valence-corrected chi connectivity index (χ2v) is 19.8. The van der Waals surface area contributed by atoms with E-state index in [1.54, 1.807) is 24.8 Å². The molecule has 4 aromatic heterocycles. The molecule has 61 heavy (non-hydrogen) atoms. The first-order valence-corrected chi connectivity index (χ1v) is 20.3. The second-order valence-electron chi connectivity index (χ2n) is 19.8. The molecule has 4 aromatic rings. The molecule has 0 radical (unpaired) electrons. The van der Waals surface area contributed by atoms with Crippen LogP contribution in [0.25, 0.3) is 0 Å². The predicted molar refractivity (Wildman–Crippen MR) is 219 cm³/mol. The molecule has 0 amide bonds. The molecule has 0 aliphatic heterocycles. The summed E-state index contributed by atoms with van der Waals surface area (Å²) in [5, 5.41) is 33.3. The Balaban J connectivity index is 1.53. The smallest absolute Gasteiger partial charge is 0.159 e. The number of carbonyl (C=O) groups is 4. The molecule has 0 spiro atoms. The number of carbonyl (C=O) groups excluding carboxylic acids is 4. The van der Waals surface area contributed by atoms with Gasteiger partial charge >= 0.3 is 0 Å². The van der Waals surface area contributed by atoms with Crippen LogP contribution in [-0.2, 0) is 90.7 Å². The van der Waals surface area contributed by atoms with E-state index in [-0.39, 0.29) is 102 Å². The Morgan fingerprint density at radius 1 is 0.393 bits per heavy atom. The Labute approximate surface area is 357 Å². The Morgan fingerprint density at radius 2 is 0.590 bits per heavy atom. The van der Waals surface area contributed by atoms with Gasteiger partial charge in [0.2, 0.25) is 0 Å². The Kier molecular flexibility index (Phi) is 16.2. The summed E-state index contributed by atoms with van der Waals surface area (Å²) in [6.07, 6.45) is 6.68. The molecular weight excluding hydrogens is 789 g/mol. The largest absolute Gasteiger partial charge is 0.374 e. The van der Waals surface area contributed by atoms with Crippen LogP contribution in [0.4, 0.5) is 0 Å². The fraction of sp³-hybridized carbons (Fsp3) is 0.707. The van der Waals surface area contributed by atoms with Crippen molar-refractivity contribution in [1.82, 2.24) is 60.0 Å². The minimum absolute atomic E-state index is 0.0119. The van der Waals surface area contributed by atoms with E-state index in [0.717, 1.165) is 0 Å². The number of hydrogen-bond acceptors (Lipinski definition) is 16. The number of ether oxygens (including phenoxy) is 4. The molecule has 20 nitrogen and oxygen atoms in total. The maximum atomic E-state index is 12.6. The van der Waals surface area contributed by atoms with Gasteiger partial charge in [-0.05, 0) is 0 Å². The quantitative estimate of drug-likeness (QED) is 0.0980. The van der Waals surface area contributed by atoms with Crippen LogP contribution >= 0.6 is 0 Å². The first-order chi connectivity index (χ1) is 28.3. The van der Waals surface area contributed by atoms with Gasteiger partial charge in [0, 0.05) is 21.7 Å². The van der Waals surface area contributed by atoms with Crippen LogP contribution < -0.4 is 0 Å². The molecule has 0 N–H and O–H groups in total. The van der Waals surface area contributed by atoms with Gasteiger partial charge in [0.15, 0.2) is 23.1 Å². The lowest BCUT2D eigenvalue weighted by Gasteiger charge is -2.32. The molecule has 0 aromatic carbocycles. The lowest BCUT2D eigenvalue weighted by molar-refractivity contribution is -0.127. The van der Waals surface area contributed by atoms with Crippen molar-refractivity contribution in [1.29, 1.82) is 0 Å².